The number of aryl methyl sites for hydroxylation is 1. The molecule has 32 heavy (non-hydrogen) atoms. The predicted octanol–water partition coefficient (Wildman–Crippen LogP) is 6.23. The maximum absolute atomic E-state index is 7.49. The van der Waals surface area contributed by atoms with E-state index < -0.39 is 8.32 Å². The van der Waals surface area contributed by atoms with Gasteiger partial charge in [0.2, 0.25) is 0 Å². The maximum Gasteiger partial charge on any atom is 0.261 e. The molecule has 0 saturated heterocycles. The molecule has 0 unspecified atom stereocenters. The van der Waals surface area contributed by atoms with Crippen molar-refractivity contribution in [3.8, 4) is 0 Å². The van der Waals surface area contributed by atoms with Crippen LogP contribution in [-0.2, 0) is 16.3 Å². The van der Waals surface area contributed by atoms with Gasteiger partial charge in [0.25, 0.3) is 8.32 Å². The fraction of sp³-hybridized carbons (Fsp3) is 0.448. The zero-order valence-corrected chi connectivity index (χ0v) is 20.9. The van der Waals surface area contributed by atoms with Crippen molar-refractivity contribution in [2.75, 3.05) is 0 Å². The Balaban J connectivity index is 1.52. The van der Waals surface area contributed by atoms with Crippen LogP contribution in [-0.4, -0.2) is 14.4 Å². The summed E-state index contributed by atoms with van der Waals surface area (Å²) in [5.74, 6) is 0.657. The van der Waals surface area contributed by atoms with Gasteiger partial charge in [-0.05, 0) is 70.0 Å². The lowest BCUT2D eigenvalue weighted by atomic mass is 9.58. The molecular weight excluding hydrogens is 408 g/mol. The number of hydrogen-bond acceptors (Lipinski definition) is 2. The van der Waals surface area contributed by atoms with Crippen molar-refractivity contribution in [3.63, 3.8) is 0 Å². The van der Waals surface area contributed by atoms with Crippen LogP contribution in [0.1, 0.15) is 64.5 Å². The summed E-state index contributed by atoms with van der Waals surface area (Å²) in [7, 11) is -2.49. The molecule has 2 aromatic carbocycles. The topological polar surface area (TPSA) is 22.4 Å². The summed E-state index contributed by atoms with van der Waals surface area (Å²) in [6.45, 7) is 9.60. The lowest BCUT2D eigenvalue weighted by molar-refractivity contribution is 0.0581. The fourth-order valence-electron chi connectivity index (χ4n) is 6.55. The summed E-state index contributed by atoms with van der Waals surface area (Å²) in [5, 5.41) is 2.79. The van der Waals surface area contributed by atoms with Crippen LogP contribution in [0.4, 0.5) is 0 Å². The van der Waals surface area contributed by atoms with Crippen molar-refractivity contribution in [2.45, 2.75) is 76.4 Å². The Morgan fingerprint density at radius 2 is 1.53 bits per heavy atom. The summed E-state index contributed by atoms with van der Waals surface area (Å²) in [6, 6.07) is 22.1. The molecule has 3 atom stereocenters. The van der Waals surface area contributed by atoms with Gasteiger partial charge in [-0.25, -0.2) is 0 Å². The van der Waals surface area contributed by atoms with Crippen molar-refractivity contribution in [3.05, 3.63) is 84.3 Å². The SMILES string of the molecule is CC(C)(C)[Si](O[C@H]1CC[C@]2(C)c3cocc3CC[C@@H]2C1)(c1ccccc1)c1ccccc1. The number of benzene rings is 2. The standard InChI is InChI=1S/C29H36O2Si/c1-28(2,3)32(25-11-7-5-8-12-25,26-13-9-6-10-14-26)31-24-17-18-29(4)23(19-24)16-15-22-20-30-21-27(22)29/h5-14,20-21,23-24H,15-19H2,1-4H3/t23-,24+,29+/m1/s1. The Morgan fingerprint density at radius 3 is 2.12 bits per heavy atom. The zero-order chi connectivity index (χ0) is 22.4. The third kappa shape index (κ3) is 3.41. The lowest BCUT2D eigenvalue weighted by Crippen LogP contribution is -2.68. The van der Waals surface area contributed by atoms with Gasteiger partial charge in [0.1, 0.15) is 0 Å². The van der Waals surface area contributed by atoms with Gasteiger partial charge in [0.15, 0.2) is 0 Å². The van der Waals surface area contributed by atoms with E-state index in [0.717, 1.165) is 19.3 Å². The van der Waals surface area contributed by atoms with Gasteiger partial charge in [-0.3, -0.25) is 0 Å². The molecule has 3 heteroatoms. The first-order chi connectivity index (χ1) is 15.3. The predicted molar refractivity (Wildman–Crippen MR) is 134 cm³/mol. The largest absolute Gasteiger partial charge is 0.472 e. The summed E-state index contributed by atoms with van der Waals surface area (Å²) in [6.07, 6.45) is 10.1. The number of hydrogen-bond donors (Lipinski definition) is 0. The maximum atomic E-state index is 7.49. The minimum Gasteiger partial charge on any atom is -0.472 e. The first kappa shape index (κ1) is 21.7. The molecule has 0 N–H and O–H groups in total. The normalized spacial score (nSPS) is 25.8. The van der Waals surface area contributed by atoms with Crippen LogP contribution in [0.5, 0.6) is 0 Å². The highest BCUT2D eigenvalue weighted by atomic mass is 28.4. The molecule has 0 aliphatic heterocycles. The molecule has 2 nitrogen and oxygen atoms in total. The molecule has 0 spiro atoms. The van der Waals surface area contributed by atoms with E-state index in [-0.39, 0.29) is 10.5 Å². The van der Waals surface area contributed by atoms with E-state index in [1.54, 1.807) is 0 Å². The molecule has 2 aliphatic carbocycles. The molecular formula is C29H36O2Si. The van der Waals surface area contributed by atoms with Crippen molar-refractivity contribution in [2.24, 2.45) is 5.92 Å². The minimum absolute atomic E-state index is 0.0285. The van der Waals surface area contributed by atoms with E-state index in [2.05, 4.69) is 88.4 Å². The van der Waals surface area contributed by atoms with E-state index in [4.69, 9.17) is 8.84 Å². The van der Waals surface area contributed by atoms with Crippen LogP contribution in [0, 0.1) is 5.92 Å². The minimum atomic E-state index is -2.49. The molecule has 1 heterocycles. The molecule has 1 saturated carbocycles. The fourth-order valence-corrected chi connectivity index (χ4v) is 11.3. The zero-order valence-electron chi connectivity index (χ0n) is 19.9. The summed E-state index contributed by atoms with van der Waals surface area (Å²) in [5.41, 5.74) is 3.11. The monoisotopic (exact) mass is 444 g/mol. The molecule has 1 fully saturated rings. The van der Waals surface area contributed by atoms with Crippen molar-refractivity contribution in [1.29, 1.82) is 0 Å². The average molecular weight is 445 g/mol. The number of fused-ring (bicyclic) bond motifs is 3. The van der Waals surface area contributed by atoms with Gasteiger partial charge >= 0.3 is 0 Å². The quantitative estimate of drug-likeness (QED) is 0.445. The van der Waals surface area contributed by atoms with Gasteiger partial charge in [-0.1, -0.05) is 88.4 Å². The van der Waals surface area contributed by atoms with Gasteiger partial charge in [0, 0.05) is 6.10 Å². The van der Waals surface area contributed by atoms with Gasteiger partial charge in [-0.2, -0.15) is 0 Å². The Hall–Kier alpha value is -2.10. The third-order valence-electron chi connectivity index (χ3n) is 8.31. The van der Waals surface area contributed by atoms with Crippen molar-refractivity contribution < 1.29 is 8.84 Å². The molecule has 3 aromatic rings. The van der Waals surface area contributed by atoms with Crippen LogP contribution in [0.25, 0.3) is 0 Å². The van der Waals surface area contributed by atoms with Crippen molar-refractivity contribution >= 4 is 18.7 Å². The third-order valence-corrected chi connectivity index (χ3v) is 13.4. The van der Waals surface area contributed by atoms with Gasteiger partial charge < -0.3 is 8.84 Å². The summed E-state index contributed by atoms with van der Waals surface area (Å²) < 4.78 is 13.1. The van der Waals surface area contributed by atoms with Crippen LogP contribution < -0.4 is 10.4 Å². The van der Waals surface area contributed by atoms with Crippen LogP contribution >= 0.6 is 0 Å². The van der Waals surface area contributed by atoms with Gasteiger partial charge in [-0.15, -0.1) is 0 Å². The van der Waals surface area contributed by atoms with Crippen molar-refractivity contribution in [1.82, 2.24) is 0 Å². The number of rotatable bonds is 4. The van der Waals surface area contributed by atoms with Crippen LogP contribution in [0.2, 0.25) is 5.04 Å². The second-order valence-corrected chi connectivity index (χ2v) is 15.4. The van der Waals surface area contributed by atoms with E-state index in [9.17, 15) is 0 Å². The first-order valence-corrected chi connectivity index (χ1v) is 14.1. The highest BCUT2D eigenvalue weighted by molar-refractivity contribution is 6.99. The number of furan rings is 1. The molecule has 168 valence electrons. The summed E-state index contributed by atoms with van der Waals surface area (Å²) >= 11 is 0. The highest BCUT2D eigenvalue weighted by Gasteiger charge is 2.53. The second kappa shape index (κ2) is 8.04. The Bertz CT molecular complexity index is 1010. The molecule has 0 radical (unpaired) electrons. The van der Waals surface area contributed by atoms with Gasteiger partial charge in [0.05, 0.1) is 12.5 Å². The van der Waals surface area contributed by atoms with E-state index in [1.807, 2.05) is 12.5 Å². The lowest BCUT2D eigenvalue weighted by Gasteiger charge is -2.51. The van der Waals surface area contributed by atoms with E-state index in [0.29, 0.717) is 12.0 Å². The highest BCUT2D eigenvalue weighted by Crippen LogP contribution is 2.51. The Morgan fingerprint density at radius 1 is 0.906 bits per heavy atom. The average Bonchev–Trinajstić information content (AvgIpc) is 3.28. The van der Waals surface area contributed by atoms with Crippen LogP contribution in [0.3, 0.4) is 0 Å². The first-order valence-electron chi connectivity index (χ1n) is 12.2. The molecule has 0 bridgehead atoms. The molecule has 2 aliphatic rings. The smallest absolute Gasteiger partial charge is 0.261 e. The van der Waals surface area contributed by atoms with E-state index in [1.165, 1.54) is 34.3 Å². The van der Waals surface area contributed by atoms with E-state index >= 15 is 0 Å². The molecule has 5 rings (SSSR count). The Kier molecular flexibility index (Phi) is 5.46. The molecule has 1 aromatic heterocycles. The molecule has 0 amide bonds. The van der Waals surface area contributed by atoms with Crippen LogP contribution in [0.15, 0.2) is 77.6 Å². The summed E-state index contributed by atoms with van der Waals surface area (Å²) in [4.78, 5) is 0. The Labute approximate surface area is 194 Å². The second-order valence-electron chi connectivity index (χ2n) is 11.1.